The lowest BCUT2D eigenvalue weighted by atomic mass is 10.2. The molecule has 0 fully saturated rings. The average molecular weight is 386 g/mol. The normalized spacial score (nSPS) is 15.9. The lowest BCUT2D eigenvalue weighted by Gasteiger charge is -2.22. The van der Waals surface area contributed by atoms with E-state index in [1.54, 1.807) is 53.4 Å². The number of rotatable bonds is 4. The summed E-state index contributed by atoms with van der Waals surface area (Å²) in [5, 5.41) is 10.4. The maximum atomic E-state index is 12.9. The van der Waals surface area contributed by atoms with E-state index < -0.39 is 0 Å². The van der Waals surface area contributed by atoms with Crippen LogP contribution in [0.4, 0.5) is 5.69 Å². The minimum Gasteiger partial charge on any atom is -0.482 e. The molecule has 0 saturated heterocycles. The van der Waals surface area contributed by atoms with Gasteiger partial charge in [0.2, 0.25) is 0 Å². The van der Waals surface area contributed by atoms with Gasteiger partial charge in [0.25, 0.3) is 5.91 Å². The maximum absolute atomic E-state index is 12.9. The van der Waals surface area contributed by atoms with Crippen LogP contribution in [-0.4, -0.2) is 29.5 Å². The number of benzene rings is 2. The van der Waals surface area contributed by atoms with Crippen LogP contribution < -0.4 is 9.64 Å². The summed E-state index contributed by atoms with van der Waals surface area (Å²) in [6, 6.07) is 16.0. The average Bonchev–Trinajstić information content (AvgIpc) is 3.08. The molecule has 0 aromatic heterocycles. The third-order valence-electron chi connectivity index (χ3n) is 3.67. The van der Waals surface area contributed by atoms with Crippen LogP contribution in [0, 0.1) is 11.3 Å². The fourth-order valence-corrected chi connectivity index (χ4v) is 3.60. The van der Waals surface area contributed by atoms with Crippen LogP contribution in [0.1, 0.15) is 12.5 Å². The fraction of sp³-hybridized carbons (Fsp3) is 0.211. The second-order valence-corrected chi connectivity index (χ2v) is 7.10. The summed E-state index contributed by atoms with van der Waals surface area (Å²) in [7, 11) is 0. The van der Waals surface area contributed by atoms with Gasteiger partial charge < -0.3 is 4.74 Å². The first kappa shape index (κ1) is 18.3. The Balaban J connectivity index is 1.82. The quantitative estimate of drug-likeness (QED) is 0.794. The van der Waals surface area contributed by atoms with Gasteiger partial charge in [-0.15, -0.1) is 0 Å². The van der Waals surface area contributed by atoms with Crippen LogP contribution in [0.25, 0.3) is 0 Å². The molecular formula is C19H16ClN3O2S. The van der Waals surface area contributed by atoms with E-state index in [1.165, 1.54) is 11.8 Å². The Kier molecular flexibility index (Phi) is 5.82. The third-order valence-corrected chi connectivity index (χ3v) is 5.12. The first-order valence-corrected chi connectivity index (χ1v) is 9.36. The molecule has 0 N–H and O–H groups in total. The molecule has 2 aromatic rings. The predicted octanol–water partition coefficient (Wildman–Crippen LogP) is 4.11. The Hall–Kier alpha value is -2.49. The molecule has 1 aliphatic rings. The van der Waals surface area contributed by atoms with Crippen molar-refractivity contribution in [1.29, 1.82) is 5.26 Å². The van der Waals surface area contributed by atoms with Crippen LogP contribution in [0.2, 0.25) is 5.02 Å². The van der Waals surface area contributed by atoms with Gasteiger partial charge in [-0.3, -0.25) is 14.7 Å². The van der Waals surface area contributed by atoms with E-state index in [0.717, 1.165) is 5.75 Å². The van der Waals surface area contributed by atoms with Crippen molar-refractivity contribution in [3.8, 4) is 11.8 Å². The minimum atomic E-state index is -0.264. The summed E-state index contributed by atoms with van der Waals surface area (Å²) in [4.78, 5) is 19.0. The number of anilines is 1. The molecule has 132 valence electrons. The summed E-state index contributed by atoms with van der Waals surface area (Å²) >= 11 is 7.49. The molecule has 0 radical (unpaired) electrons. The second kappa shape index (κ2) is 8.26. The highest BCUT2D eigenvalue weighted by Gasteiger charge is 2.27. The Bertz CT molecular complexity index is 877. The molecule has 1 heterocycles. The molecule has 3 rings (SSSR count). The largest absolute Gasteiger partial charge is 0.482 e. The predicted molar refractivity (Wildman–Crippen MR) is 105 cm³/mol. The van der Waals surface area contributed by atoms with Gasteiger partial charge in [0, 0.05) is 10.8 Å². The van der Waals surface area contributed by atoms with Crippen molar-refractivity contribution in [2.75, 3.05) is 17.3 Å². The van der Waals surface area contributed by atoms with E-state index in [-0.39, 0.29) is 18.6 Å². The van der Waals surface area contributed by atoms with Gasteiger partial charge >= 0.3 is 0 Å². The molecule has 1 unspecified atom stereocenters. The number of hydrogen-bond donors (Lipinski definition) is 0. The molecule has 0 bridgehead atoms. The molecule has 0 aliphatic carbocycles. The summed E-state index contributed by atoms with van der Waals surface area (Å²) in [6.45, 7) is 1.81. The van der Waals surface area contributed by atoms with E-state index in [0.29, 0.717) is 27.2 Å². The van der Waals surface area contributed by atoms with Gasteiger partial charge in [-0.25, -0.2) is 0 Å². The molecule has 1 atom stereocenters. The fourth-order valence-electron chi connectivity index (χ4n) is 2.42. The summed E-state index contributed by atoms with van der Waals surface area (Å²) < 4.78 is 5.60. The van der Waals surface area contributed by atoms with Crippen LogP contribution in [0.3, 0.4) is 0 Å². The zero-order chi connectivity index (χ0) is 18.5. The molecular weight excluding hydrogens is 370 g/mol. The molecule has 0 saturated carbocycles. The summed E-state index contributed by atoms with van der Waals surface area (Å²) in [5.74, 6) is 0.944. The zero-order valence-corrected chi connectivity index (χ0v) is 15.6. The third kappa shape index (κ3) is 4.18. The van der Waals surface area contributed by atoms with E-state index in [9.17, 15) is 4.79 Å². The van der Waals surface area contributed by atoms with E-state index >= 15 is 0 Å². The SMILES string of the molecule is CC1CSC(N(C(=O)COc2ccccc2C#N)c2ccc(Cl)cc2)=N1. The highest BCUT2D eigenvalue weighted by atomic mass is 35.5. The van der Waals surface area contributed by atoms with Crippen molar-refractivity contribution in [2.45, 2.75) is 13.0 Å². The van der Waals surface area contributed by atoms with Gasteiger partial charge in [-0.1, -0.05) is 35.5 Å². The molecule has 2 aromatic carbocycles. The molecule has 1 aliphatic heterocycles. The van der Waals surface area contributed by atoms with Gasteiger partial charge in [0.15, 0.2) is 11.8 Å². The van der Waals surface area contributed by atoms with E-state index in [1.807, 2.05) is 6.92 Å². The van der Waals surface area contributed by atoms with Gasteiger partial charge in [0.1, 0.15) is 11.8 Å². The zero-order valence-electron chi connectivity index (χ0n) is 14.1. The number of para-hydroxylation sites is 1. The highest BCUT2D eigenvalue weighted by molar-refractivity contribution is 8.14. The standard InChI is InChI=1S/C19H16ClN3O2S/c1-13-12-26-19(22-13)23(16-8-6-15(20)7-9-16)18(24)11-25-17-5-3-2-4-14(17)10-21/h2-9,13H,11-12H2,1H3. The Morgan fingerprint density at radius 1 is 1.35 bits per heavy atom. The Labute approximate surface area is 161 Å². The smallest absolute Gasteiger partial charge is 0.271 e. The number of amidine groups is 1. The Morgan fingerprint density at radius 3 is 2.73 bits per heavy atom. The number of carbonyl (C=O) groups is 1. The highest BCUT2D eigenvalue weighted by Crippen LogP contribution is 2.27. The van der Waals surface area contributed by atoms with Crippen LogP contribution in [0.5, 0.6) is 5.75 Å². The number of aliphatic imine (C=N–C) groups is 1. The molecule has 0 spiro atoms. The monoisotopic (exact) mass is 385 g/mol. The maximum Gasteiger partial charge on any atom is 0.271 e. The van der Waals surface area contributed by atoms with Crippen LogP contribution in [0.15, 0.2) is 53.5 Å². The summed E-state index contributed by atoms with van der Waals surface area (Å²) in [6.07, 6.45) is 0. The number of amides is 1. The first-order valence-electron chi connectivity index (χ1n) is 7.99. The number of ether oxygens (including phenoxy) is 1. The van der Waals surface area contributed by atoms with E-state index in [4.69, 9.17) is 21.6 Å². The number of hydrogen-bond acceptors (Lipinski definition) is 5. The van der Waals surface area contributed by atoms with Gasteiger partial charge in [-0.2, -0.15) is 5.26 Å². The topological polar surface area (TPSA) is 65.7 Å². The van der Waals surface area contributed by atoms with Crippen molar-refractivity contribution >= 4 is 40.1 Å². The number of thioether (sulfide) groups is 1. The van der Waals surface area contributed by atoms with Crippen molar-refractivity contribution in [3.05, 3.63) is 59.1 Å². The van der Waals surface area contributed by atoms with Crippen LogP contribution >= 0.6 is 23.4 Å². The lowest BCUT2D eigenvalue weighted by Crippen LogP contribution is -2.38. The van der Waals surface area contributed by atoms with E-state index in [2.05, 4.69) is 11.1 Å². The lowest BCUT2D eigenvalue weighted by molar-refractivity contribution is -0.119. The minimum absolute atomic E-state index is 0.151. The molecule has 5 nitrogen and oxygen atoms in total. The number of nitriles is 1. The van der Waals surface area contributed by atoms with Crippen molar-refractivity contribution in [1.82, 2.24) is 0 Å². The van der Waals surface area contributed by atoms with Crippen molar-refractivity contribution < 1.29 is 9.53 Å². The molecule has 26 heavy (non-hydrogen) atoms. The molecule has 7 heteroatoms. The number of halogens is 1. The number of carbonyl (C=O) groups excluding carboxylic acids is 1. The molecule has 1 amide bonds. The summed E-state index contributed by atoms with van der Waals surface area (Å²) in [5.41, 5.74) is 1.07. The van der Waals surface area contributed by atoms with Crippen LogP contribution in [-0.2, 0) is 4.79 Å². The Morgan fingerprint density at radius 2 is 2.08 bits per heavy atom. The van der Waals surface area contributed by atoms with Gasteiger partial charge in [0.05, 0.1) is 17.3 Å². The van der Waals surface area contributed by atoms with Crippen molar-refractivity contribution in [2.24, 2.45) is 4.99 Å². The number of nitrogens with zero attached hydrogens (tertiary/aromatic N) is 3. The van der Waals surface area contributed by atoms with Crippen molar-refractivity contribution in [3.63, 3.8) is 0 Å². The second-order valence-electron chi connectivity index (χ2n) is 5.67. The van der Waals surface area contributed by atoms with Gasteiger partial charge in [-0.05, 0) is 43.3 Å². The first-order chi connectivity index (χ1) is 12.6.